The summed E-state index contributed by atoms with van der Waals surface area (Å²) in [6.07, 6.45) is 0. The van der Waals surface area contributed by atoms with Gasteiger partial charge in [0.1, 0.15) is 16.5 Å². The zero-order chi connectivity index (χ0) is 20.2. The van der Waals surface area contributed by atoms with Gasteiger partial charge in [-0.25, -0.2) is 12.8 Å². The molecule has 1 amide bonds. The largest absolute Gasteiger partial charge is 0.495 e. The molecule has 0 aliphatic rings. The molecule has 2 aromatic carbocycles. The normalized spacial score (nSPS) is 11.5. The summed E-state index contributed by atoms with van der Waals surface area (Å²) >= 11 is 6.02. The fraction of sp³-hybridized carbons (Fsp3) is 0.278. The van der Waals surface area contributed by atoms with Crippen LogP contribution in [-0.2, 0) is 14.8 Å². The number of carbonyl (C=O) groups is 1. The maximum atomic E-state index is 13.6. The molecule has 0 fully saturated rings. The minimum Gasteiger partial charge on any atom is -0.495 e. The Morgan fingerprint density at radius 1 is 1.26 bits per heavy atom. The molecule has 1 N–H and O–H groups in total. The molecule has 9 heteroatoms. The van der Waals surface area contributed by atoms with Gasteiger partial charge in [-0.2, -0.15) is 4.31 Å². The third-order valence-corrected chi connectivity index (χ3v) is 6.22. The summed E-state index contributed by atoms with van der Waals surface area (Å²) in [7, 11) is -2.85. The molecular weight excluding hydrogens is 395 g/mol. The molecule has 0 saturated carbocycles. The molecule has 0 atom stereocenters. The SMILES string of the molecule is CCN(CC(=O)Nc1ccc(C)c(Cl)c1)S(=O)(=O)c1cc(F)ccc1OC. The summed E-state index contributed by atoms with van der Waals surface area (Å²) in [5, 5.41) is 3.09. The van der Waals surface area contributed by atoms with Gasteiger partial charge in [-0.3, -0.25) is 4.79 Å². The Morgan fingerprint density at radius 3 is 2.56 bits per heavy atom. The molecule has 0 aliphatic carbocycles. The lowest BCUT2D eigenvalue weighted by Crippen LogP contribution is -2.38. The molecule has 0 saturated heterocycles. The van der Waals surface area contributed by atoms with E-state index in [-0.39, 0.29) is 17.2 Å². The van der Waals surface area contributed by atoms with E-state index in [1.807, 2.05) is 6.92 Å². The summed E-state index contributed by atoms with van der Waals surface area (Å²) in [6, 6.07) is 8.18. The summed E-state index contributed by atoms with van der Waals surface area (Å²) in [6.45, 7) is 2.99. The Balaban J connectivity index is 2.23. The third-order valence-electron chi connectivity index (χ3n) is 3.87. The van der Waals surface area contributed by atoms with Gasteiger partial charge in [-0.05, 0) is 42.8 Å². The zero-order valence-electron chi connectivity index (χ0n) is 15.1. The monoisotopic (exact) mass is 414 g/mol. The van der Waals surface area contributed by atoms with Crippen molar-refractivity contribution in [2.75, 3.05) is 25.5 Å². The average Bonchev–Trinajstić information content (AvgIpc) is 2.62. The number of ether oxygens (including phenoxy) is 1. The van der Waals surface area contributed by atoms with Crippen molar-refractivity contribution >= 4 is 33.2 Å². The van der Waals surface area contributed by atoms with Crippen molar-refractivity contribution < 1.29 is 22.3 Å². The molecule has 0 bridgehead atoms. The second kappa shape index (κ2) is 8.69. The maximum absolute atomic E-state index is 13.6. The minimum absolute atomic E-state index is 0.000532. The topological polar surface area (TPSA) is 75.7 Å². The lowest BCUT2D eigenvalue weighted by atomic mass is 10.2. The van der Waals surface area contributed by atoms with Gasteiger partial charge in [0.2, 0.25) is 15.9 Å². The number of methoxy groups -OCH3 is 1. The van der Waals surface area contributed by atoms with Crippen LogP contribution in [0.2, 0.25) is 5.02 Å². The molecule has 0 unspecified atom stereocenters. The quantitative estimate of drug-likeness (QED) is 0.753. The second-order valence-electron chi connectivity index (χ2n) is 5.74. The molecule has 6 nitrogen and oxygen atoms in total. The Labute approximate surface area is 162 Å². The standard InChI is InChI=1S/C18H20ClFN2O4S/c1-4-22(11-18(23)21-14-7-5-12(2)15(19)10-14)27(24,25)17-9-13(20)6-8-16(17)26-3/h5-10H,4,11H2,1-3H3,(H,21,23). The summed E-state index contributed by atoms with van der Waals surface area (Å²) in [4.78, 5) is 12.0. The molecule has 0 heterocycles. The van der Waals surface area contributed by atoms with Gasteiger partial charge in [-0.15, -0.1) is 0 Å². The van der Waals surface area contributed by atoms with Crippen LogP contribution in [0.1, 0.15) is 12.5 Å². The first-order valence-corrected chi connectivity index (χ1v) is 9.90. The number of likely N-dealkylation sites (N-methyl/N-ethyl adjacent to an activating group) is 1. The molecule has 0 radical (unpaired) electrons. The van der Waals surface area contributed by atoms with Crippen molar-refractivity contribution in [3.63, 3.8) is 0 Å². The van der Waals surface area contributed by atoms with Crippen LogP contribution in [0.25, 0.3) is 0 Å². The first kappa shape index (κ1) is 21.1. The Hall–Kier alpha value is -2.16. The number of carbonyl (C=O) groups excluding carboxylic acids is 1. The van der Waals surface area contributed by atoms with E-state index in [4.69, 9.17) is 16.3 Å². The van der Waals surface area contributed by atoms with E-state index in [1.54, 1.807) is 25.1 Å². The van der Waals surface area contributed by atoms with Crippen LogP contribution in [0, 0.1) is 12.7 Å². The summed E-state index contributed by atoms with van der Waals surface area (Å²) in [5.74, 6) is -1.26. The Bertz CT molecular complexity index is 950. The number of sulfonamides is 1. The highest BCUT2D eigenvalue weighted by atomic mass is 35.5. The molecule has 0 spiro atoms. The van der Waals surface area contributed by atoms with Crippen LogP contribution in [-0.4, -0.2) is 38.8 Å². The van der Waals surface area contributed by atoms with Crippen molar-refractivity contribution in [1.82, 2.24) is 4.31 Å². The van der Waals surface area contributed by atoms with Gasteiger partial charge in [0.05, 0.1) is 13.7 Å². The van der Waals surface area contributed by atoms with E-state index in [9.17, 15) is 17.6 Å². The highest BCUT2D eigenvalue weighted by Gasteiger charge is 2.29. The number of rotatable bonds is 7. The fourth-order valence-corrected chi connectivity index (χ4v) is 4.14. The predicted octanol–water partition coefficient (Wildman–Crippen LogP) is 3.45. The number of halogens is 2. The number of anilines is 1. The van der Waals surface area contributed by atoms with Crippen molar-refractivity contribution in [2.45, 2.75) is 18.7 Å². The van der Waals surface area contributed by atoms with E-state index in [2.05, 4.69) is 5.32 Å². The van der Waals surface area contributed by atoms with Crippen LogP contribution < -0.4 is 10.1 Å². The van der Waals surface area contributed by atoms with Gasteiger partial charge in [0, 0.05) is 17.3 Å². The predicted molar refractivity (Wildman–Crippen MR) is 102 cm³/mol. The first-order valence-electron chi connectivity index (χ1n) is 8.08. The van der Waals surface area contributed by atoms with E-state index in [1.165, 1.54) is 13.2 Å². The summed E-state index contributed by atoms with van der Waals surface area (Å²) in [5.41, 5.74) is 1.30. The number of hydrogen-bond donors (Lipinski definition) is 1. The van der Waals surface area contributed by atoms with Gasteiger partial charge in [0.15, 0.2) is 0 Å². The number of hydrogen-bond acceptors (Lipinski definition) is 4. The first-order chi connectivity index (χ1) is 12.7. The van der Waals surface area contributed by atoms with E-state index >= 15 is 0 Å². The molecule has 0 aliphatic heterocycles. The van der Waals surface area contributed by atoms with Crippen molar-refractivity contribution in [3.8, 4) is 5.75 Å². The van der Waals surface area contributed by atoms with Crippen LogP contribution >= 0.6 is 11.6 Å². The van der Waals surface area contributed by atoms with E-state index < -0.39 is 28.3 Å². The van der Waals surface area contributed by atoms with Crippen molar-refractivity contribution in [3.05, 3.63) is 52.8 Å². The van der Waals surface area contributed by atoms with Crippen LogP contribution in [0.5, 0.6) is 5.75 Å². The maximum Gasteiger partial charge on any atom is 0.247 e. The molecule has 27 heavy (non-hydrogen) atoms. The third kappa shape index (κ3) is 4.97. The zero-order valence-corrected chi connectivity index (χ0v) is 16.7. The van der Waals surface area contributed by atoms with Crippen molar-refractivity contribution in [1.29, 1.82) is 0 Å². The fourth-order valence-electron chi connectivity index (χ4n) is 2.39. The van der Waals surface area contributed by atoms with E-state index in [0.29, 0.717) is 10.7 Å². The van der Waals surface area contributed by atoms with Gasteiger partial charge >= 0.3 is 0 Å². The van der Waals surface area contributed by atoms with E-state index in [0.717, 1.165) is 22.0 Å². The molecule has 2 aromatic rings. The van der Waals surface area contributed by atoms with Crippen LogP contribution in [0.3, 0.4) is 0 Å². The number of nitrogens with zero attached hydrogens (tertiary/aromatic N) is 1. The van der Waals surface area contributed by atoms with Gasteiger partial charge in [-0.1, -0.05) is 24.6 Å². The van der Waals surface area contributed by atoms with Gasteiger partial charge in [0.25, 0.3) is 0 Å². The molecule has 0 aromatic heterocycles. The average molecular weight is 415 g/mol. The number of nitrogens with one attached hydrogen (secondary N) is 1. The Kier molecular flexibility index (Phi) is 6.80. The summed E-state index contributed by atoms with van der Waals surface area (Å²) < 4.78 is 45.3. The van der Waals surface area contributed by atoms with Crippen LogP contribution in [0.4, 0.5) is 10.1 Å². The highest BCUT2D eigenvalue weighted by Crippen LogP contribution is 2.27. The Morgan fingerprint density at radius 2 is 1.96 bits per heavy atom. The van der Waals surface area contributed by atoms with Crippen molar-refractivity contribution in [2.24, 2.45) is 0 Å². The number of benzene rings is 2. The van der Waals surface area contributed by atoms with Crippen LogP contribution in [0.15, 0.2) is 41.3 Å². The lowest BCUT2D eigenvalue weighted by molar-refractivity contribution is -0.116. The molecule has 2 rings (SSSR count). The number of aryl methyl sites for hydroxylation is 1. The minimum atomic E-state index is -4.14. The van der Waals surface area contributed by atoms with Gasteiger partial charge < -0.3 is 10.1 Å². The molecule has 146 valence electrons. The lowest BCUT2D eigenvalue weighted by Gasteiger charge is -2.21. The number of amides is 1. The second-order valence-corrected chi connectivity index (χ2v) is 8.05. The smallest absolute Gasteiger partial charge is 0.247 e. The highest BCUT2D eigenvalue weighted by molar-refractivity contribution is 7.89. The molecular formula is C18H20ClFN2O4S.